The summed E-state index contributed by atoms with van der Waals surface area (Å²) < 4.78 is 5.11. The summed E-state index contributed by atoms with van der Waals surface area (Å²) in [5.41, 5.74) is 1.36. The van der Waals surface area contributed by atoms with Crippen LogP contribution in [-0.2, 0) is 0 Å². The van der Waals surface area contributed by atoms with Gasteiger partial charge < -0.3 is 10.1 Å². The van der Waals surface area contributed by atoms with Crippen LogP contribution in [0.2, 0.25) is 0 Å². The van der Waals surface area contributed by atoms with E-state index in [0.717, 1.165) is 5.69 Å². The van der Waals surface area contributed by atoms with Crippen molar-refractivity contribution in [1.82, 2.24) is 15.2 Å². The Hall–Kier alpha value is -2.57. The molecule has 7 heteroatoms. The number of urea groups is 1. The molecule has 2 amide bonds. The number of rotatable bonds is 3. The van der Waals surface area contributed by atoms with E-state index in [4.69, 9.17) is 4.74 Å². The van der Waals surface area contributed by atoms with Crippen LogP contribution in [-0.4, -0.2) is 28.3 Å². The van der Waals surface area contributed by atoms with E-state index < -0.39 is 6.03 Å². The summed E-state index contributed by atoms with van der Waals surface area (Å²) in [6, 6.07) is 3.14. The average Bonchev–Trinajstić information content (AvgIpc) is 2.82. The summed E-state index contributed by atoms with van der Waals surface area (Å²) in [7, 11) is 1.52. The number of nitrogens with zero attached hydrogens (tertiary/aromatic N) is 2. The summed E-state index contributed by atoms with van der Waals surface area (Å²) in [4.78, 5) is 15.9. The summed E-state index contributed by atoms with van der Waals surface area (Å²) in [5.74, 6) is 0.876. The maximum atomic E-state index is 11.7. The number of carbonyl (C=O) groups excluding carboxylic acids is 1. The molecule has 0 aliphatic rings. The van der Waals surface area contributed by atoms with E-state index in [2.05, 4.69) is 25.8 Å². The summed E-state index contributed by atoms with van der Waals surface area (Å²) in [6.07, 6.45) is 3.07. The van der Waals surface area contributed by atoms with Crippen molar-refractivity contribution in [2.24, 2.45) is 0 Å². The molecule has 0 aliphatic carbocycles. The number of anilines is 2. The van der Waals surface area contributed by atoms with Crippen molar-refractivity contribution < 1.29 is 9.53 Å². The van der Waals surface area contributed by atoms with Crippen molar-refractivity contribution in [2.75, 3.05) is 17.7 Å². The average molecular weight is 247 g/mol. The third-order valence-corrected chi connectivity index (χ3v) is 2.21. The summed E-state index contributed by atoms with van der Waals surface area (Å²) >= 11 is 0. The highest BCUT2D eigenvalue weighted by Crippen LogP contribution is 2.21. The second-order valence-corrected chi connectivity index (χ2v) is 3.57. The molecule has 7 nitrogen and oxygen atoms in total. The normalized spacial score (nSPS) is 9.89. The Kier molecular flexibility index (Phi) is 3.42. The fourth-order valence-corrected chi connectivity index (χ4v) is 1.39. The van der Waals surface area contributed by atoms with E-state index in [0.29, 0.717) is 17.3 Å². The number of hydrogen-bond acceptors (Lipinski definition) is 4. The standard InChI is InChI=1S/C11H13N5O2/c1-7-3-4-9(18-2)10(14-7)16-11(17)15-8-5-12-13-6-8/h3-6H,1-2H3,(H,12,13)(H2,14,15,16,17). The molecule has 2 rings (SSSR count). The molecule has 0 aromatic carbocycles. The Morgan fingerprint density at radius 3 is 2.89 bits per heavy atom. The molecule has 18 heavy (non-hydrogen) atoms. The summed E-state index contributed by atoms with van der Waals surface area (Å²) in [5, 5.41) is 11.5. The van der Waals surface area contributed by atoms with E-state index in [9.17, 15) is 4.79 Å². The number of hydrogen-bond donors (Lipinski definition) is 3. The minimum absolute atomic E-state index is 0.374. The number of carbonyl (C=O) groups is 1. The van der Waals surface area contributed by atoms with Crippen LogP contribution in [0, 0.1) is 6.92 Å². The third kappa shape index (κ3) is 2.76. The van der Waals surface area contributed by atoms with Gasteiger partial charge in [0.1, 0.15) is 0 Å². The molecule has 3 N–H and O–H groups in total. The van der Waals surface area contributed by atoms with Gasteiger partial charge in [0.15, 0.2) is 11.6 Å². The number of aryl methyl sites for hydroxylation is 1. The minimum Gasteiger partial charge on any atom is -0.493 e. The largest absolute Gasteiger partial charge is 0.493 e. The highest BCUT2D eigenvalue weighted by molar-refractivity contribution is 5.99. The third-order valence-electron chi connectivity index (χ3n) is 2.21. The first-order valence-corrected chi connectivity index (χ1v) is 5.27. The molecule has 0 bridgehead atoms. The lowest BCUT2D eigenvalue weighted by Crippen LogP contribution is -2.20. The summed E-state index contributed by atoms with van der Waals surface area (Å²) in [6.45, 7) is 1.83. The van der Waals surface area contributed by atoms with Crippen molar-refractivity contribution in [3.05, 3.63) is 30.2 Å². The number of pyridine rings is 1. The Labute approximate surface area is 104 Å². The topological polar surface area (TPSA) is 91.9 Å². The quantitative estimate of drug-likeness (QED) is 0.770. The number of aromatic amines is 1. The van der Waals surface area contributed by atoms with Crippen LogP contribution in [0.3, 0.4) is 0 Å². The van der Waals surface area contributed by atoms with Gasteiger partial charge in [-0.2, -0.15) is 5.10 Å². The van der Waals surface area contributed by atoms with E-state index in [-0.39, 0.29) is 0 Å². The zero-order chi connectivity index (χ0) is 13.0. The lowest BCUT2D eigenvalue weighted by atomic mass is 10.3. The molecular formula is C11H13N5O2. The van der Waals surface area contributed by atoms with Gasteiger partial charge in [0.2, 0.25) is 0 Å². The second-order valence-electron chi connectivity index (χ2n) is 3.57. The highest BCUT2D eigenvalue weighted by atomic mass is 16.5. The number of nitrogens with one attached hydrogen (secondary N) is 3. The molecule has 0 unspecified atom stereocenters. The van der Waals surface area contributed by atoms with Gasteiger partial charge in [-0.05, 0) is 19.1 Å². The van der Waals surface area contributed by atoms with Crippen LogP contribution in [0.15, 0.2) is 24.5 Å². The first kappa shape index (κ1) is 11.9. The molecule has 0 spiro atoms. The maximum absolute atomic E-state index is 11.7. The van der Waals surface area contributed by atoms with Crippen molar-refractivity contribution in [3.63, 3.8) is 0 Å². The van der Waals surface area contributed by atoms with Gasteiger partial charge in [0.05, 0.1) is 19.0 Å². The molecule has 2 aromatic rings. The fraction of sp³-hybridized carbons (Fsp3) is 0.182. The molecule has 0 radical (unpaired) electrons. The first-order valence-electron chi connectivity index (χ1n) is 5.27. The van der Waals surface area contributed by atoms with Gasteiger partial charge in [0, 0.05) is 11.9 Å². The number of H-pyrrole nitrogens is 1. The molecule has 2 heterocycles. The van der Waals surface area contributed by atoms with Crippen LogP contribution in [0.25, 0.3) is 0 Å². The molecule has 94 valence electrons. The van der Waals surface area contributed by atoms with Gasteiger partial charge in [0.25, 0.3) is 0 Å². The van der Waals surface area contributed by atoms with Crippen LogP contribution < -0.4 is 15.4 Å². The zero-order valence-corrected chi connectivity index (χ0v) is 10.0. The van der Waals surface area contributed by atoms with Gasteiger partial charge in [-0.15, -0.1) is 0 Å². The zero-order valence-electron chi connectivity index (χ0n) is 10.0. The molecule has 0 saturated heterocycles. The van der Waals surface area contributed by atoms with Crippen molar-refractivity contribution in [3.8, 4) is 5.75 Å². The fourth-order valence-electron chi connectivity index (χ4n) is 1.39. The van der Waals surface area contributed by atoms with Crippen LogP contribution in [0.4, 0.5) is 16.3 Å². The van der Waals surface area contributed by atoms with E-state index >= 15 is 0 Å². The molecule has 0 atom stereocenters. The SMILES string of the molecule is COc1ccc(C)nc1NC(=O)Nc1cn[nH]c1. The van der Waals surface area contributed by atoms with Crippen LogP contribution >= 0.6 is 0 Å². The predicted molar refractivity (Wildman–Crippen MR) is 66.8 cm³/mol. The Bertz CT molecular complexity index is 538. The molecule has 0 saturated carbocycles. The molecule has 2 aromatic heterocycles. The van der Waals surface area contributed by atoms with Crippen molar-refractivity contribution >= 4 is 17.5 Å². The lowest BCUT2D eigenvalue weighted by Gasteiger charge is -2.09. The van der Waals surface area contributed by atoms with Gasteiger partial charge >= 0.3 is 6.03 Å². The first-order chi connectivity index (χ1) is 8.69. The monoisotopic (exact) mass is 247 g/mol. The van der Waals surface area contributed by atoms with Crippen LogP contribution in [0.5, 0.6) is 5.75 Å². The number of methoxy groups -OCH3 is 1. The number of ether oxygens (including phenoxy) is 1. The van der Waals surface area contributed by atoms with E-state index in [1.807, 2.05) is 6.92 Å². The molecule has 0 fully saturated rings. The van der Waals surface area contributed by atoms with Crippen LogP contribution in [0.1, 0.15) is 5.69 Å². The smallest absolute Gasteiger partial charge is 0.325 e. The lowest BCUT2D eigenvalue weighted by molar-refractivity contribution is 0.262. The highest BCUT2D eigenvalue weighted by Gasteiger charge is 2.09. The van der Waals surface area contributed by atoms with E-state index in [1.54, 1.807) is 18.3 Å². The van der Waals surface area contributed by atoms with Crippen molar-refractivity contribution in [2.45, 2.75) is 6.92 Å². The van der Waals surface area contributed by atoms with Crippen molar-refractivity contribution in [1.29, 1.82) is 0 Å². The molecule has 0 aliphatic heterocycles. The predicted octanol–water partition coefficient (Wildman–Crippen LogP) is 1.77. The van der Waals surface area contributed by atoms with E-state index in [1.165, 1.54) is 13.3 Å². The minimum atomic E-state index is -0.409. The number of amides is 2. The molecular weight excluding hydrogens is 234 g/mol. The number of aromatic nitrogens is 3. The Balaban J connectivity index is 2.08. The Morgan fingerprint density at radius 2 is 2.22 bits per heavy atom. The van der Waals surface area contributed by atoms with Gasteiger partial charge in [-0.3, -0.25) is 10.4 Å². The van der Waals surface area contributed by atoms with Gasteiger partial charge in [-0.25, -0.2) is 9.78 Å². The van der Waals surface area contributed by atoms with Gasteiger partial charge in [-0.1, -0.05) is 0 Å². The Morgan fingerprint density at radius 1 is 1.39 bits per heavy atom. The second kappa shape index (κ2) is 5.17. The maximum Gasteiger partial charge on any atom is 0.325 e.